The van der Waals surface area contributed by atoms with Crippen LogP contribution in [0.2, 0.25) is 5.02 Å². The Hall–Kier alpha value is -3.15. The van der Waals surface area contributed by atoms with Crippen molar-refractivity contribution in [2.24, 2.45) is 0 Å². The van der Waals surface area contributed by atoms with Crippen LogP contribution in [0.15, 0.2) is 78.4 Å². The van der Waals surface area contributed by atoms with E-state index < -0.39 is 11.5 Å². The van der Waals surface area contributed by atoms with E-state index in [2.05, 4.69) is 23.5 Å². The maximum Gasteiger partial charge on any atom is 0.329 e. The lowest BCUT2D eigenvalue weighted by Gasteiger charge is -2.45. The monoisotopic (exact) mass is 505 g/mol. The lowest BCUT2D eigenvalue weighted by Crippen LogP contribution is -2.52. The molecule has 0 aromatic heterocycles. The molecule has 2 aliphatic rings. The van der Waals surface area contributed by atoms with Gasteiger partial charge in [-0.3, -0.25) is 0 Å². The van der Waals surface area contributed by atoms with Gasteiger partial charge in [0.15, 0.2) is 0 Å². The zero-order valence-corrected chi connectivity index (χ0v) is 20.7. The lowest BCUT2D eigenvalue weighted by molar-refractivity contribution is -0.143. The quantitative estimate of drug-likeness (QED) is 0.327. The van der Waals surface area contributed by atoms with E-state index in [0.29, 0.717) is 61.6 Å². The summed E-state index contributed by atoms with van der Waals surface area (Å²) < 4.78 is 20.0. The number of carbonyl (C=O) groups is 1. The SMILES string of the molecule is O=C(O)C1(Nc2cccc(Cl)c2)CCC2(CC1)C(COCCc1ccccc1F)=Cc1ccccc12. The molecule has 4 nitrogen and oxygen atoms in total. The molecule has 1 saturated carbocycles. The van der Waals surface area contributed by atoms with Crippen molar-refractivity contribution < 1.29 is 19.0 Å². The number of aliphatic carboxylic acids is 1. The molecule has 1 fully saturated rings. The molecule has 0 unspecified atom stereocenters. The van der Waals surface area contributed by atoms with Crippen LogP contribution in [0.4, 0.5) is 10.1 Å². The Balaban J connectivity index is 1.33. The van der Waals surface area contributed by atoms with Gasteiger partial charge in [0.2, 0.25) is 0 Å². The third-order valence-electron chi connectivity index (χ3n) is 7.73. The minimum Gasteiger partial charge on any atom is -0.480 e. The number of hydrogen-bond acceptors (Lipinski definition) is 3. The number of hydrogen-bond donors (Lipinski definition) is 2. The summed E-state index contributed by atoms with van der Waals surface area (Å²) in [4.78, 5) is 12.5. The first-order chi connectivity index (χ1) is 17.4. The standard InChI is InChI=1S/C30H29ClFNO3/c31-24-8-5-9-25(19-24)33-30(28(34)35)15-13-29(14-16-30)23(18-22-7-1-3-10-26(22)29)20-36-17-12-21-6-2-4-11-27(21)32/h1-11,18-19,33H,12-17,20H2,(H,34,35). The largest absolute Gasteiger partial charge is 0.480 e. The van der Waals surface area contributed by atoms with Gasteiger partial charge in [-0.15, -0.1) is 0 Å². The number of fused-ring (bicyclic) bond motifs is 2. The maximum atomic E-state index is 14.0. The molecule has 2 aliphatic carbocycles. The number of carboxylic acids is 1. The Morgan fingerprint density at radius 3 is 2.50 bits per heavy atom. The molecule has 0 radical (unpaired) electrons. The van der Waals surface area contributed by atoms with Crippen LogP contribution >= 0.6 is 11.6 Å². The van der Waals surface area contributed by atoms with Gasteiger partial charge in [0, 0.05) is 16.1 Å². The Kier molecular flexibility index (Phi) is 6.87. The van der Waals surface area contributed by atoms with Gasteiger partial charge in [-0.05, 0) is 78.6 Å². The highest BCUT2D eigenvalue weighted by Crippen LogP contribution is 2.53. The summed E-state index contributed by atoms with van der Waals surface area (Å²) in [5.41, 5.74) is 3.59. The Bertz CT molecular complexity index is 1300. The van der Waals surface area contributed by atoms with Crippen molar-refractivity contribution >= 4 is 29.3 Å². The minimum atomic E-state index is -1.07. The lowest BCUT2D eigenvalue weighted by atomic mass is 9.62. The molecule has 3 aromatic rings. The minimum absolute atomic E-state index is 0.213. The van der Waals surface area contributed by atoms with Crippen LogP contribution in [0.5, 0.6) is 0 Å². The molecule has 0 bridgehead atoms. The van der Waals surface area contributed by atoms with Gasteiger partial charge in [-0.1, -0.05) is 66.2 Å². The van der Waals surface area contributed by atoms with Crippen LogP contribution < -0.4 is 5.32 Å². The highest BCUT2D eigenvalue weighted by atomic mass is 35.5. The van der Waals surface area contributed by atoms with E-state index >= 15 is 0 Å². The Labute approximate surface area is 215 Å². The number of anilines is 1. The van der Waals surface area contributed by atoms with Gasteiger partial charge in [0.05, 0.1) is 13.2 Å². The van der Waals surface area contributed by atoms with Crippen LogP contribution in [0.1, 0.15) is 42.4 Å². The zero-order valence-electron chi connectivity index (χ0n) is 20.0. The predicted molar refractivity (Wildman–Crippen MR) is 141 cm³/mol. The van der Waals surface area contributed by atoms with Crippen LogP contribution in [-0.4, -0.2) is 29.8 Å². The van der Waals surface area contributed by atoms with Crippen molar-refractivity contribution in [2.75, 3.05) is 18.5 Å². The Morgan fingerprint density at radius 2 is 1.75 bits per heavy atom. The van der Waals surface area contributed by atoms with Crippen LogP contribution in [0.3, 0.4) is 0 Å². The summed E-state index contributed by atoms with van der Waals surface area (Å²) in [5.74, 6) is -1.06. The summed E-state index contributed by atoms with van der Waals surface area (Å²) in [5, 5.41) is 14.1. The molecular formula is C30H29ClFNO3. The average Bonchev–Trinajstić information content (AvgIpc) is 3.17. The highest BCUT2D eigenvalue weighted by molar-refractivity contribution is 6.30. The fourth-order valence-electron chi connectivity index (χ4n) is 5.73. The first kappa shape index (κ1) is 24.5. The molecule has 5 rings (SSSR count). The average molecular weight is 506 g/mol. The second-order valence-electron chi connectivity index (χ2n) is 9.76. The smallest absolute Gasteiger partial charge is 0.329 e. The molecule has 3 aromatic carbocycles. The number of ether oxygens (including phenoxy) is 1. The third-order valence-corrected chi connectivity index (χ3v) is 7.96. The van der Waals surface area contributed by atoms with Gasteiger partial charge in [-0.25, -0.2) is 9.18 Å². The van der Waals surface area contributed by atoms with E-state index in [4.69, 9.17) is 16.3 Å². The fourth-order valence-corrected chi connectivity index (χ4v) is 5.92. The van der Waals surface area contributed by atoms with Gasteiger partial charge in [-0.2, -0.15) is 0 Å². The number of halogens is 2. The normalized spacial score (nSPS) is 22.8. The highest BCUT2D eigenvalue weighted by Gasteiger charge is 2.51. The first-order valence-corrected chi connectivity index (χ1v) is 12.7. The maximum absolute atomic E-state index is 14.0. The van der Waals surface area contributed by atoms with E-state index in [1.165, 1.54) is 17.2 Å². The molecule has 0 saturated heterocycles. The van der Waals surface area contributed by atoms with Crippen molar-refractivity contribution in [1.82, 2.24) is 0 Å². The molecule has 0 amide bonds. The molecule has 36 heavy (non-hydrogen) atoms. The van der Waals surface area contributed by atoms with Gasteiger partial charge in [0.25, 0.3) is 0 Å². The first-order valence-electron chi connectivity index (χ1n) is 12.3. The van der Waals surface area contributed by atoms with Crippen molar-refractivity contribution in [2.45, 2.75) is 43.1 Å². The molecule has 6 heteroatoms. The van der Waals surface area contributed by atoms with Crippen molar-refractivity contribution in [3.8, 4) is 0 Å². The van der Waals surface area contributed by atoms with Crippen molar-refractivity contribution in [1.29, 1.82) is 0 Å². The summed E-state index contributed by atoms with van der Waals surface area (Å²) in [6, 6.07) is 22.3. The topological polar surface area (TPSA) is 58.6 Å². The van der Waals surface area contributed by atoms with E-state index in [0.717, 1.165) is 5.56 Å². The number of rotatable bonds is 8. The van der Waals surface area contributed by atoms with Crippen LogP contribution in [-0.2, 0) is 21.4 Å². The zero-order chi connectivity index (χ0) is 25.2. The second kappa shape index (κ2) is 10.1. The van der Waals surface area contributed by atoms with Crippen LogP contribution in [0.25, 0.3) is 6.08 Å². The van der Waals surface area contributed by atoms with Gasteiger partial charge < -0.3 is 15.2 Å². The van der Waals surface area contributed by atoms with Crippen molar-refractivity contribution in [3.63, 3.8) is 0 Å². The van der Waals surface area contributed by atoms with Crippen LogP contribution in [0, 0.1) is 5.82 Å². The third kappa shape index (κ3) is 4.65. The summed E-state index contributed by atoms with van der Waals surface area (Å²) >= 11 is 6.14. The molecule has 0 heterocycles. The number of nitrogens with one attached hydrogen (secondary N) is 1. The van der Waals surface area contributed by atoms with Gasteiger partial charge in [0.1, 0.15) is 11.4 Å². The molecule has 2 N–H and O–H groups in total. The van der Waals surface area contributed by atoms with E-state index in [1.54, 1.807) is 24.3 Å². The summed E-state index contributed by atoms with van der Waals surface area (Å²) in [6.45, 7) is 0.852. The van der Waals surface area contributed by atoms with Crippen molar-refractivity contribution in [3.05, 3.63) is 106 Å². The molecule has 1 spiro atoms. The van der Waals surface area contributed by atoms with Gasteiger partial charge >= 0.3 is 5.97 Å². The molecular weight excluding hydrogens is 477 g/mol. The predicted octanol–water partition coefficient (Wildman–Crippen LogP) is 6.88. The molecule has 0 aliphatic heterocycles. The molecule has 186 valence electrons. The Morgan fingerprint density at radius 1 is 1.00 bits per heavy atom. The number of benzene rings is 3. The molecule has 0 atom stereocenters. The number of carboxylic acid groups (broad SMARTS) is 1. The van der Waals surface area contributed by atoms with E-state index in [-0.39, 0.29) is 11.2 Å². The van der Waals surface area contributed by atoms with E-state index in [9.17, 15) is 14.3 Å². The summed E-state index contributed by atoms with van der Waals surface area (Å²) in [7, 11) is 0. The second-order valence-corrected chi connectivity index (χ2v) is 10.2. The fraction of sp³-hybridized carbons (Fsp3) is 0.300. The van der Waals surface area contributed by atoms with E-state index in [1.807, 2.05) is 30.3 Å². The summed E-state index contributed by atoms with van der Waals surface area (Å²) in [6.07, 6.45) is 5.01.